The van der Waals surface area contributed by atoms with Crippen molar-refractivity contribution in [3.8, 4) is 0 Å². The smallest absolute Gasteiger partial charge is 0.0902 e. The first-order chi connectivity index (χ1) is 7.31. The van der Waals surface area contributed by atoms with Crippen molar-refractivity contribution in [1.82, 2.24) is 0 Å². The highest BCUT2D eigenvalue weighted by molar-refractivity contribution is 5.29. The molecule has 88 valence electrons. The summed E-state index contributed by atoms with van der Waals surface area (Å²) in [5.41, 5.74) is 2.08. The number of hydrogen-bond donors (Lipinski definition) is 1. The molecule has 1 saturated carbocycles. The summed E-state index contributed by atoms with van der Waals surface area (Å²) >= 11 is 0. The summed E-state index contributed by atoms with van der Waals surface area (Å²) in [5, 5.41) is 10.5. The molecule has 0 spiro atoms. The zero-order valence-electron chi connectivity index (χ0n) is 10.7. The summed E-state index contributed by atoms with van der Waals surface area (Å²) in [6.07, 6.45) is 1.80. The van der Waals surface area contributed by atoms with Gasteiger partial charge in [-0.25, -0.2) is 0 Å². The Balaban J connectivity index is 2.10. The van der Waals surface area contributed by atoms with Crippen LogP contribution in [0.15, 0.2) is 24.3 Å². The van der Waals surface area contributed by atoms with Crippen molar-refractivity contribution in [3.05, 3.63) is 35.4 Å². The highest BCUT2D eigenvalue weighted by Gasteiger charge is 2.48. The van der Waals surface area contributed by atoms with Gasteiger partial charge in [-0.05, 0) is 36.7 Å². The van der Waals surface area contributed by atoms with E-state index in [0.717, 1.165) is 18.4 Å². The van der Waals surface area contributed by atoms with E-state index in [0.29, 0.717) is 11.3 Å². The number of hydrogen-bond acceptors (Lipinski definition) is 1. The van der Waals surface area contributed by atoms with Crippen LogP contribution in [0.25, 0.3) is 0 Å². The highest BCUT2D eigenvalue weighted by Crippen LogP contribution is 2.52. The summed E-state index contributed by atoms with van der Waals surface area (Å²) in [6.45, 7) is 8.84. The van der Waals surface area contributed by atoms with Crippen LogP contribution in [-0.4, -0.2) is 5.11 Å². The summed E-state index contributed by atoms with van der Waals surface area (Å²) < 4.78 is 0. The second kappa shape index (κ2) is 3.59. The van der Waals surface area contributed by atoms with Crippen LogP contribution < -0.4 is 0 Å². The monoisotopic (exact) mass is 218 g/mol. The van der Waals surface area contributed by atoms with Gasteiger partial charge in [0.05, 0.1) is 5.60 Å². The lowest BCUT2D eigenvalue weighted by atomic mass is 9.58. The van der Waals surface area contributed by atoms with E-state index in [1.165, 1.54) is 5.56 Å². The number of rotatable bonds is 1. The Morgan fingerprint density at radius 1 is 1.12 bits per heavy atom. The van der Waals surface area contributed by atoms with Gasteiger partial charge in [-0.15, -0.1) is 0 Å². The third-order valence-electron chi connectivity index (χ3n) is 3.98. The zero-order chi connectivity index (χ0) is 12.0. The highest BCUT2D eigenvalue weighted by atomic mass is 16.3. The molecule has 1 aromatic rings. The van der Waals surface area contributed by atoms with Gasteiger partial charge >= 0.3 is 0 Å². The average Bonchev–Trinajstić information content (AvgIpc) is 2.12. The lowest BCUT2D eigenvalue weighted by Gasteiger charge is -2.50. The summed E-state index contributed by atoms with van der Waals surface area (Å²) in [7, 11) is 0. The minimum Gasteiger partial charge on any atom is -0.385 e. The predicted molar refractivity (Wildman–Crippen MR) is 67.3 cm³/mol. The fourth-order valence-corrected chi connectivity index (χ4v) is 2.47. The van der Waals surface area contributed by atoms with E-state index in [9.17, 15) is 5.11 Å². The molecule has 0 saturated heterocycles. The van der Waals surface area contributed by atoms with Gasteiger partial charge in [-0.3, -0.25) is 0 Å². The van der Waals surface area contributed by atoms with Crippen molar-refractivity contribution in [3.63, 3.8) is 0 Å². The molecule has 0 aromatic heterocycles. The summed E-state index contributed by atoms with van der Waals surface area (Å²) in [6, 6.07) is 8.29. The topological polar surface area (TPSA) is 20.2 Å². The van der Waals surface area contributed by atoms with Crippen LogP contribution in [0.5, 0.6) is 0 Å². The predicted octanol–water partition coefficient (Wildman–Crippen LogP) is 3.64. The molecule has 0 bridgehead atoms. The fraction of sp³-hybridized carbons (Fsp3) is 0.600. The molecule has 1 aliphatic carbocycles. The molecule has 0 unspecified atom stereocenters. The van der Waals surface area contributed by atoms with Crippen LogP contribution >= 0.6 is 0 Å². The maximum atomic E-state index is 10.5. The molecular formula is C15H22O. The first-order valence-corrected chi connectivity index (χ1v) is 6.11. The second-order valence-corrected chi connectivity index (χ2v) is 6.37. The lowest BCUT2D eigenvalue weighted by molar-refractivity contribution is -0.112. The SMILES string of the molecule is Cc1ccc(C2(O)CC(C(C)(C)C)C2)cc1. The van der Waals surface area contributed by atoms with Gasteiger partial charge in [0, 0.05) is 0 Å². The quantitative estimate of drug-likeness (QED) is 0.763. The molecular weight excluding hydrogens is 196 g/mol. The van der Waals surface area contributed by atoms with Crippen LogP contribution in [0.3, 0.4) is 0 Å². The third-order valence-corrected chi connectivity index (χ3v) is 3.98. The van der Waals surface area contributed by atoms with E-state index in [2.05, 4.69) is 52.0 Å². The van der Waals surface area contributed by atoms with Crippen molar-refractivity contribution in [2.45, 2.75) is 46.1 Å². The molecule has 1 fully saturated rings. The average molecular weight is 218 g/mol. The Hall–Kier alpha value is -0.820. The van der Waals surface area contributed by atoms with Crippen LogP contribution in [0, 0.1) is 18.3 Å². The molecule has 0 aliphatic heterocycles. The second-order valence-electron chi connectivity index (χ2n) is 6.37. The fourth-order valence-electron chi connectivity index (χ4n) is 2.47. The molecule has 0 amide bonds. The molecule has 0 radical (unpaired) electrons. The first kappa shape index (κ1) is 11.7. The van der Waals surface area contributed by atoms with E-state index in [1.807, 2.05) is 0 Å². The normalized spacial score (nSPS) is 29.9. The van der Waals surface area contributed by atoms with Gasteiger partial charge in [0.2, 0.25) is 0 Å². The molecule has 1 aromatic carbocycles. The van der Waals surface area contributed by atoms with E-state index in [-0.39, 0.29) is 0 Å². The Labute approximate surface area is 98.5 Å². The Morgan fingerprint density at radius 3 is 2.06 bits per heavy atom. The lowest BCUT2D eigenvalue weighted by Crippen LogP contribution is -2.46. The Kier molecular flexibility index (Phi) is 2.62. The van der Waals surface area contributed by atoms with Crippen molar-refractivity contribution in [1.29, 1.82) is 0 Å². The molecule has 1 N–H and O–H groups in total. The first-order valence-electron chi connectivity index (χ1n) is 6.11. The van der Waals surface area contributed by atoms with Gasteiger partial charge in [0.15, 0.2) is 0 Å². The number of aliphatic hydroxyl groups is 1. The molecule has 1 aliphatic rings. The van der Waals surface area contributed by atoms with Crippen LogP contribution in [0.2, 0.25) is 0 Å². The minimum atomic E-state index is -0.564. The van der Waals surface area contributed by atoms with E-state index < -0.39 is 5.60 Å². The van der Waals surface area contributed by atoms with Gasteiger partial charge < -0.3 is 5.11 Å². The van der Waals surface area contributed by atoms with Gasteiger partial charge in [-0.1, -0.05) is 50.6 Å². The van der Waals surface area contributed by atoms with Gasteiger partial charge in [0.25, 0.3) is 0 Å². The van der Waals surface area contributed by atoms with Gasteiger partial charge in [-0.2, -0.15) is 0 Å². The van der Waals surface area contributed by atoms with Crippen molar-refractivity contribution < 1.29 is 5.11 Å². The molecule has 16 heavy (non-hydrogen) atoms. The molecule has 0 atom stereocenters. The van der Waals surface area contributed by atoms with E-state index in [1.54, 1.807) is 0 Å². The Morgan fingerprint density at radius 2 is 1.62 bits per heavy atom. The summed E-state index contributed by atoms with van der Waals surface area (Å²) in [4.78, 5) is 0. The Bertz CT molecular complexity index is 363. The molecule has 1 nitrogen and oxygen atoms in total. The van der Waals surface area contributed by atoms with Crippen LogP contribution in [-0.2, 0) is 5.60 Å². The molecule has 1 heteroatoms. The van der Waals surface area contributed by atoms with Crippen LogP contribution in [0.1, 0.15) is 44.7 Å². The largest absolute Gasteiger partial charge is 0.385 e. The minimum absolute atomic E-state index is 0.316. The maximum absolute atomic E-state index is 10.5. The van der Waals surface area contributed by atoms with Gasteiger partial charge in [0.1, 0.15) is 0 Å². The van der Waals surface area contributed by atoms with Crippen molar-refractivity contribution in [2.24, 2.45) is 11.3 Å². The van der Waals surface area contributed by atoms with E-state index in [4.69, 9.17) is 0 Å². The zero-order valence-corrected chi connectivity index (χ0v) is 10.7. The maximum Gasteiger partial charge on any atom is 0.0902 e. The number of benzene rings is 1. The standard InChI is InChI=1S/C15H22O/c1-11-5-7-12(8-6-11)15(16)9-13(10-15)14(2,3)4/h5-8,13,16H,9-10H2,1-4H3. The van der Waals surface area contributed by atoms with Crippen molar-refractivity contribution in [2.75, 3.05) is 0 Å². The van der Waals surface area contributed by atoms with Crippen LogP contribution in [0.4, 0.5) is 0 Å². The van der Waals surface area contributed by atoms with E-state index >= 15 is 0 Å². The third kappa shape index (κ3) is 2.01. The number of aryl methyl sites for hydroxylation is 1. The van der Waals surface area contributed by atoms with Crippen molar-refractivity contribution >= 4 is 0 Å². The summed E-state index contributed by atoms with van der Waals surface area (Å²) in [5.74, 6) is 0.638. The molecule has 2 rings (SSSR count). The molecule has 0 heterocycles.